The van der Waals surface area contributed by atoms with Gasteiger partial charge < -0.3 is 19.9 Å². The molecular weight excluding hydrogens is 296 g/mol. The molecule has 1 aliphatic rings. The van der Waals surface area contributed by atoms with E-state index in [0.29, 0.717) is 24.0 Å². The summed E-state index contributed by atoms with van der Waals surface area (Å²) in [6.07, 6.45) is 0. The van der Waals surface area contributed by atoms with E-state index in [4.69, 9.17) is 4.74 Å². The summed E-state index contributed by atoms with van der Waals surface area (Å²) in [6, 6.07) is 1.71. The van der Waals surface area contributed by atoms with Crippen LogP contribution in [0.5, 0.6) is 0 Å². The number of nitrogens with one attached hydrogen (secondary N) is 1. The normalized spacial score (nSPS) is 15.3. The van der Waals surface area contributed by atoms with Gasteiger partial charge in [-0.1, -0.05) is 0 Å². The molecule has 0 bridgehead atoms. The lowest BCUT2D eigenvalue weighted by Crippen LogP contribution is -2.41. The Kier molecular flexibility index (Phi) is 6.12. The van der Waals surface area contributed by atoms with E-state index in [0.717, 1.165) is 32.8 Å². The molecule has 0 unspecified atom stereocenters. The van der Waals surface area contributed by atoms with Crippen LogP contribution in [0, 0.1) is 0 Å². The van der Waals surface area contributed by atoms with Crippen LogP contribution in [0.2, 0.25) is 0 Å². The van der Waals surface area contributed by atoms with Gasteiger partial charge in [0.2, 0.25) is 5.95 Å². The highest BCUT2D eigenvalue weighted by atomic mass is 16.5. The Bertz CT molecular complexity index is 502. The molecule has 1 aromatic heterocycles. The standard InChI is InChI=1S/C15H26N6O2/c1-19(2)13-11-12(17-15(18-13)20(3)4)14(22)16-5-6-21-7-9-23-10-8-21/h11H,5-10H2,1-4H3,(H,16,22). The first-order chi connectivity index (χ1) is 11.0. The molecule has 8 nitrogen and oxygen atoms in total. The lowest BCUT2D eigenvalue weighted by molar-refractivity contribution is 0.0383. The number of nitrogens with zero attached hydrogens (tertiary/aromatic N) is 5. The van der Waals surface area contributed by atoms with Crippen LogP contribution in [0.1, 0.15) is 10.5 Å². The van der Waals surface area contributed by atoms with E-state index in [1.165, 1.54) is 0 Å². The zero-order valence-corrected chi connectivity index (χ0v) is 14.4. The molecule has 1 fully saturated rings. The molecule has 0 spiro atoms. The van der Waals surface area contributed by atoms with Crippen LogP contribution in [0.4, 0.5) is 11.8 Å². The van der Waals surface area contributed by atoms with E-state index in [1.54, 1.807) is 11.0 Å². The summed E-state index contributed by atoms with van der Waals surface area (Å²) in [5.74, 6) is 1.06. The van der Waals surface area contributed by atoms with E-state index < -0.39 is 0 Å². The second-order valence-electron chi connectivity index (χ2n) is 5.91. The molecule has 0 aliphatic carbocycles. The van der Waals surface area contributed by atoms with Crippen LogP contribution < -0.4 is 15.1 Å². The maximum Gasteiger partial charge on any atom is 0.270 e. The van der Waals surface area contributed by atoms with Crippen molar-refractivity contribution >= 4 is 17.7 Å². The molecule has 0 radical (unpaired) electrons. The number of amides is 1. The van der Waals surface area contributed by atoms with Crippen molar-refractivity contribution in [3.63, 3.8) is 0 Å². The minimum atomic E-state index is -0.174. The van der Waals surface area contributed by atoms with Crippen LogP contribution in [-0.4, -0.2) is 88.4 Å². The predicted molar refractivity (Wildman–Crippen MR) is 90.3 cm³/mol. The van der Waals surface area contributed by atoms with Crippen LogP contribution in [-0.2, 0) is 4.74 Å². The highest BCUT2D eigenvalue weighted by Crippen LogP contribution is 2.14. The quantitative estimate of drug-likeness (QED) is 0.769. The van der Waals surface area contributed by atoms with Gasteiger partial charge in [-0.2, -0.15) is 4.98 Å². The van der Waals surface area contributed by atoms with Gasteiger partial charge >= 0.3 is 0 Å². The highest BCUT2D eigenvalue weighted by molar-refractivity contribution is 5.93. The summed E-state index contributed by atoms with van der Waals surface area (Å²) >= 11 is 0. The predicted octanol–water partition coefficient (Wildman–Crippen LogP) is -0.329. The second kappa shape index (κ2) is 8.07. The molecule has 1 saturated heterocycles. The molecule has 128 valence electrons. The first-order valence-electron chi connectivity index (χ1n) is 7.79. The van der Waals surface area contributed by atoms with Crippen molar-refractivity contribution < 1.29 is 9.53 Å². The number of anilines is 2. The first-order valence-corrected chi connectivity index (χ1v) is 7.79. The molecule has 8 heteroatoms. The van der Waals surface area contributed by atoms with Crippen molar-refractivity contribution in [3.05, 3.63) is 11.8 Å². The Hall–Kier alpha value is -1.93. The van der Waals surface area contributed by atoms with Gasteiger partial charge in [0.1, 0.15) is 11.5 Å². The average Bonchev–Trinajstić information content (AvgIpc) is 2.55. The van der Waals surface area contributed by atoms with Crippen LogP contribution in [0.25, 0.3) is 0 Å². The lowest BCUT2D eigenvalue weighted by atomic mass is 10.3. The second-order valence-corrected chi connectivity index (χ2v) is 5.91. The van der Waals surface area contributed by atoms with E-state index in [-0.39, 0.29) is 5.91 Å². The fraction of sp³-hybridized carbons (Fsp3) is 0.667. The van der Waals surface area contributed by atoms with Gasteiger partial charge in [-0.3, -0.25) is 9.69 Å². The van der Waals surface area contributed by atoms with Crippen molar-refractivity contribution in [3.8, 4) is 0 Å². The van der Waals surface area contributed by atoms with Crippen molar-refractivity contribution in [1.82, 2.24) is 20.2 Å². The summed E-state index contributed by atoms with van der Waals surface area (Å²) in [5.41, 5.74) is 0.384. The smallest absolute Gasteiger partial charge is 0.270 e. The largest absolute Gasteiger partial charge is 0.379 e. The molecule has 0 atom stereocenters. The number of rotatable bonds is 6. The Labute approximate surface area is 137 Å². The Balaban J connectivity index is 1.97. The van der Waals surface area contributed by atoms with Gasteiger partial charge in [-0.25, -0.2) is 4.98 Å². The van der Waals surface area contributed by atoms with Gasteiger partial charge in [-0.05, 0) is 0 Å². The van der Waals surface area contributed by atoms with Crippen molar-refractivity contribution in [1.29, 1.82) is 0 Å². The fourth-order valence-corrected chi connectivity index (χ4v) is 2.21. The molecule has 1 N–H and O–H groups in total. The third-order valence-corrected chi connectivity index (χ3v) is 3.61. The number of ether oxygens (including phenoxy) is 1. The van der Waals surface area contributed by atoms with Gasteiger partial charge in [0.25, 0.3) is 5.91 Å². The molecule has 1 aliphatic heterocycles. The van der Waals surface area contributed by atoms with E-state index in [9.17, 15) is 4.79 Å². The number of hydrogen-bond acceptors (Lipinski definition) is 7. The zero-order valence-electron chi connectivity index (χ0n) is 14.4. The molecule has 23 heavy (non-hydrogen) atoms. The Morgan fingerprint density at radius 1 is 1.22 bits per heavy atom. The Morgan fingerprint density at radius 3 is 2.52 bits per heavy atom. The fourth-order valence-electron chi connectivity index (χ4n) is 2.21. The minimum absolute atomic E-state index is 0.174. The molecule has 2 rings (SSSR count). The average molecular weight is 322 g/mol. The number of morpholine rings is 1. The van der Waals surface area contributed by atoms with Crippen LogP contribution >= 0.6 is 0 Å². The maximum atomic E-state index is 12.4. The molecule has 1 aromatic rings. The van der Waals surface area contributed by atoms with Crippen LogP contribution in [0.15, 0.2) is 6.07 Å². The monoisotopic (exact) mass is 322 g/mol. The van der Waals surface area contributed by atoms with Crippen molar-refractivity contribution in [2.24, 2.45) is 0 Å². The molecule has 1 amide bonds. The third-order valence-electron chi connectivity index (χ3n) is 3.61. The van der Waals surface area contributed by atoms with Crippen molar-refractivity contribution in [2.45, 2.75) is 0 Å². The van der Waals surface area contributed by atoms with Gasteiger partial charge in [0, 0.05) is 60.4 Å². The summed E-state index contributed by atoms with van der Waals surface area (Å²) in [4.78, 5) is 27.0. The SMILES string of the molecule is CN(C)c1cc(C(=O)NCCN2CCOCC2)nc(N(C)C)n1. The topological polar surface area (TPSA) is 73.8 Å². The van der Waals surface area contributed by atoms with E-state index in [1.807, 2.05) is 33.1 Å². The van der Waals surface area contributed by atoms with E-state index >= 15 is 0 Å². The zero-order chi connectivity index (χ0) is 16.8. The summed E-state index contributed by atoms with van der Waals surface area (Å²) in [6.45, 7) is 4.77. The number of carbonyl (C=O) groups excluding carboxylic acids is 1. The minimum Gasteiger partial charge on any atom is -0.379 e. The molecule has 0 aromatic carbocycles. The first kappa shape index (κ1) is 17.4. The number of hydrogen-bond donors (Lipinski definition) is 1. The number of carbonyl (C=O) groups is 1. The van der Waals surface area contributed by atoms with Crippen LogP contribution in [0.3, 0.4) is 0 Å². The van der Waals surface area contributed by atoms with Crippen molar-refractivity contribution in [2.75, 3.05) is 77.4 Å². The summed E-state index contributed by atoms with van der Waals surface area (Å²) in [5, 5.41) is 2.93. The number of aromatic nitrogens is 2. The molecule has 2 heterocycles. The maximum absolute atomic E-state index is 12.4. The summed E-state index contributed by atoms with van der Waals surface area (Å²) < 4.78 is 5.31. The Morgan fingerprint density at radius 2 is 1.91 bits per heavy atom. The summed E-state index contributed by atoms with van der Waals surface area (Å²) in [7, 11) is 7.49. The highest BCUT2D eigenvalue weighted by Gasteiger charge is 2.15. The van der Waals surface area contributed by atoms with Gasteiger partial charge in [0.05, 0.1) is 13.2 Å². The third kappa shape index (κ3) is 5.04. The van der Waals surface area contributed by atoms with Gasteiger partial charge in [-0.15, -0.1) is 0 Å². The molecule has 0 saturated carbocycles. The van der Waals surface area contributed by atoms with Gasteiger partial charge in [0.15, 0.2) is 0 Å². The lowest BCUT2D eigenvalue weighted by Gasteiger charge is -2.26. The van der Waals surface area contributed by atoms with E-state index in [2.05, 4.69) is 20.2 Å². The molecular formula is C15H26N6O2.